The van der Waals surface area contributed by atoms with Crippen molar-refractivity contribution < 1.29 is 9.53 Å². The van der Waals surface area contributed by atoms with Crippen LogP contribution in [0.5, 0.6) is 0 Å². The van der Waals surface area contributed by atoms with Crippen LogP contribution < -0.4 is 11.1 Å². The van der Waals surface area contributed by atoms with Crippen molar-refractivity contribution in [2.75, 3.05) is 17.7 Å². The lowest BCUT2D eigenvalue weighted by molar-refractivity contribution is 0.168. The molecule has 0 saturated heterocycles. The van der Waals surface area contributed by atoms with E-state index >= 15 is 0 Å². The zero-order valence-corrected chi connectivity index (χ0v) is 8.33. The van der Waals surface area contributed by atoms with Gasteiger partial charge in [0.15, 0.2) is 0 Å². The maximum atomic E-state index is 11.1. The molecule has 1 amide bonds. The molecule has 0 aromatic heterocycles. The van der Waals surface area contributed by atoms with Crippen LogP contribution in [0.4, 0.5) is 16.2 Å². The van der Waals surface area contributed by atoms with E-state index in [9.17, 15) is 4.79 Å². The molecular formula is C10H14N2O2. The van der Waals surface area contributed by atoms with E-state index in [2.05, 4.69) is 5.32 Å². The first-order valence-corrected chi connectivity index (χ1v) is 4.43. The fourth-order valence-corrected chi connectivity index (χ4v) is 1.05. The van der Waals surface area contributed by atoms with Gasteiger partial charge in [-0.3, -0.25) is 5.32 Å². The zero-order valence-electron chi connectivity index (χ0n) is 8.33. The summed E-state index contributed by atoms with van der Waals surface area (Å²) >= 11 is 0. The standard InChI is InChI=1S/C10H14N2O2/c1-3-14-10(13)12-9-6-8(11)5-4-7(9)2/h4-6H,3,11H2,1-2H3,(H,12,13). The average molecular weight is 194 g/mol. The second kappa shape index (κ2) is 4.50. The summed E-state index contributed by atoms with van der Waals surface area (Å²) in [4.78, 5) is 11.1. The normalized spacial score (nSPS) is 9.57. The number of hydrogen-bond donors (Lipinski definition) is 2. The second-order valence-electron chi connectivity index (χ2n) is 2.92. The molecule has 1 rings (SSSR count). The summed E-state index contributed by atoms with van der Waals surface area (Å²) < 4.78 is 4.75. The first kappa shape index (κ1) is 10.4. The van der Waals surface area contributed by atoms with Gasteiger partial charge in [0.25, 0.3) is 0 Å². The van der Waals surface area contributed by atoms with Crippen molar-refractivity contribution in [3.8, 4) is 0 Å². The number of nitrogens with two attached hydrogens (primary N) is 1. The second-order valence-corrected chi connectivity index (χ2v) is 2.92. The van der Waals surface area contributed by atoms with Gasteiger partial charge in [-0.05, 0) is 31.5 Å². The van der Waals surface area contributed by atoms with Crippen molar-refractivity contribution in [1.29, 1.82) is 0 Å². The predicted molar refractivity (Wildman–Crippen MR) is 56.2 cm³/mol. The third-order valence-electron chi connectivity index (χ3n) is 1.77. The van der Waals surface area contributed by atoms with Gasteiger partial charge in [0.05, 0.1) is 6.61 Å². The minimum absolute atomic E-state index is 0.354. The number of hydrogen-bond acceptors (Lipinski definition) is 3. The molecule has 0 bridgehead atoms. The maximum Gasteiger partial charge on any atom is 0.411 e. The fraction of sp³-hybridized carbons (Fsp3) is 0.300. The molecule has 0 saturated carbocycles. The van der Waals surface area contributed by atoms with Crippen molar-refractivity contribution in [3.05, 3.63) is 23.8 Å². The van der Waals surface area contributed by atoms with Gasteiger partial charge in [-0.1, -0.05) is 6.07 Å². The predicted octanol–water partition coefficient (Wildman–Crippen LogP) is 2.15. The number of aryl methyl sites for hydroxylation is 1. The number of carbonyl (C=O) groups is 1. The van der Waals surface area contributed by atoms with Crippen LogP contribution in [0.2, 0.25) is 0 Å². The molecule has 0 aliphatic carbocycles. The minimum Gasteiger partial charge on any atom is -0.450 e. The fourth-order valence-electron chi connectivity index (χ4n) is 1.05. The van der Waals surface area contributed by atoms with E-state index in [1.165, 1.54) is 0 Å². The molecule has 0 heterocycles. The molecule has 3 N–H and O–H groups in total. The average Bonchev–Trinajstić information content (AvgIpc) is 2.12. The van der Waals surface area contributed by atoms with Crippen molar-refractivity contribution >= 4 is 17.5 Å². The van der Waals surface area contributed by atoms with E-state index < -0.39 is 6.09 Å². The Bertz CT molecular complexity index is 337. The Morgan fingerprint density at radius 2 is 2.29 bits per heavy atom. The lowest BCUT2D eigenvalue weighted by Crippen LogP contribution is -2.14. The number of nitrogens with one attached hydrogen (secondary N) is 1. The minimum atomic E-state index is -0.457. The molecule has 76 valence electrons. The Morgan fingerprint density at radius 1 is 1.57 bits per heavy atom. The van der Waals surface area contributed by atoms with Gasteiger partial charge in [0.2, 0.25) is 0 Å². The van der Waals surface area contributed by atoms with E-state index in [1.807, 2.05) is 13.0 Å². The molecule has 14 heavy (non-hydrogen) atoms. The first-order valence-electron chi connectivity index (χ1n) is 4.43. The molecule has 0 aliphatic rings. The molecule has 1 aromatic rings. The van der Waals surface area contributed by atoms with Crippen LogP contribution in [-0.4, -0.2) is 12.7 Å². The highest BCUT2D eigenvalue weighted by atomic mass is 16.5. The van der Waals surface area contributed by atoms with Crippen molar-refractivity contribution in [2.45, 2.75) is 13.8 Å². The largest absolute Gasteiger partial charge is 0.450 e. The van der Waals surface area contributed by atoms with Crippen LogP contribution >= 0.6 is 0 Å². The topological polar surface area (TPSA) is 64.3 Å². The smallest absolute Gasteiger partial charge is 0.411 e. The number of ether oxygens (including phenoxy) is 1. The summed E-state index contributed by atoms with van der Waals surface area (Å²) in [6, 6.07) is 5.33. The highest BCUT2D eigenvalue weighted by molar-refractivity contribution is 5.86. The maximum absolute atomic E-state index is 11.1. The van der Waals surface area contributed by atoms with E-state index in [0.717, 1.165) is 5.56 Å². The first-order chi connectivity index (χ1) is 6.63. The Labute approximate surface area is 83.1 Å². The zero-order chi connectivity index (χ0) is 10.6. The Balaban J connectivity index is 2.75. The Kier molecular flexibility index (Phi) is 3.34. The van der Waals surface area contributed by atoms with Crippen molar-refractivity contribution in [2.24, 2.45) is 0 Å². The van der Waals surface area contributed by atoms with Crippen molar-refractivity contribution in [1.82, 2.24) is 0 Å². The highest BCUT2D eigenvalue weighted by Gasteiger charge is 2.04. The van der Waals surface area contributed by atoms with Gasteiger partial charge < -0.3 is 10.5 Å². The van der Waals surface area contributed by atoms with Crippen LogP contribution in [0.25, 0.3) is 0 Å². The van der Waals surface area contributed by atoms with Gasteiger partial charge in [0.1, 0.15) is 0 Å². The van der Waals surface area contributed by atoms with Gasteiger partial charge in [0, 0.05) is 11.4 Å². The lowest BCUT2D eigenvalue weighted by atomic mass is 10.2. The molecule has 0 aliphatic heterocycles. The van der Waals surface area contributed by atoms with Gasteiger partial charge in [-0.15, -0.1) is 0 Å². The summed E-state index contributed by atoms with van der Waals surface area (Å²) in [5.74, 6) is 0. The molecule has 4 heteroatoms. The molecule has 1 aromatic carbocycles. The summed E-state index contributed by atoms with van der Waals surface area (Å²) in [6.07, 6.45) is -0.457. The number of nitrogen functional groups attached to an aromatic ring is 1. The number of benzene rings is 1. The summed E-state index contributed by atoms with van der Waals surface area (Å²) in [5.41, 5.74) is 7.83. The third-order valence-corrected chi connectivity index (χ3v) is 1.77. The van der Waals surface area contributed by atoms with Crippen LogP contribution in [-0.2, 0) is 4.74 Å². The summed E-state index contributed by atoms with van der Waals surface area (Å²) in [6.45, 7) is 4.00. The molecule has 4 nitrogen and oxygen atoms in total. The SMILES string of the molecule is CCOC(=O)Nc1cc(N)ccc1C. The van der Waals surface area contributed by atoms with Crippen molar-refractivity contribution in [3.63, 3.8) is 0 Å². The number of rotatable bonds is 2. The Hall–Kier alpha value is -1.71. The van der Waals surface area contributed by atoms with E-state index in [-0.39, 0.29) is 0 Å². The number of anilines is 2. The molecule has 0 radical (unpaired) electrons. The van der Waals surface area contributed by atoms with E-state index in [0.29, 0.717) is 18.0 Å². The van der Waals surface area contributed by atoms with E-state index in [1.54, 1.807) is 19.1 Å². The Morgan fingerprint density at radius 3 is 2.93 bits per heavy atom. The highest BCUT2D eigenvalue weighted by Crippen LogP contribution is 2.18. The lowest BCUT2D eigenvalue weighted by Gasteiger charge is -2.08. The summed E-state index contributed by atoms with van der Waals surface area (Å²) in [7, 11) is 0. The van der Waals surface area contributed by atoms with Crippen LogP contribution in [0, 0.1) is 6.92 Å². The number of carbonyl (C=O) groups excluding carboxylic acids is 1. The monoisotopic (exact) mass is 194 g/mol. The summed E-state index contributed by atoms with van der Waals surface area (Å²) in [5, 5.41) is 2.61. The van der Waals surface area contributed by atoms with Crippen LogP contribution in [0.3, 0.4) is 0 Å². The van der Waals surface area contributed by atoms with Gasteiger partial charge >= 0.3 is 6.09 Å². The van der Waals surface area contributed by atoms with Crippen LogP contribution in [0.15, 0.2) is 18.2 Å². The number of amides is 1. The molecule has 0 fully saturated rings. The molecular weight excluding hydrogens is 180 g/mol. The molecule has 0 spiro atoms. The quantitative estimate of drug-likeness (QED) is 0.709. The van der Waals surface area contributed by atoms with Crippen LogP contribution in [0.1, 0.15) is 12.5 Å². The van der Waals surface area contributed by atoms with E-state index in [4.69, 9.17) is 10.5 Å². The third kappa shape index (κ3) is 2.65. The molecule has 0 atom stereocenters. The van der Waals surface area contributed by atoms with Gasteiger partial charge in [-0.25, -0.2) is 4.79 Å². The molecule has 0 unspecified atom stereocenters. The van der Waals surface area contributed by atoms with Gasteiger partial charge in [-0.2, -0.15) is 0 Å².